The highest BCUT2D eigenvalue weighted by molar-refractivity contribution is 6.04. The number of allylic oxidation sites excluding steroid dienone is 1. The predicted molar refractivity (Wildman–Crippen MR) is 110 cm³/mol. The molecule has 7 nitrogen and oxygen atoms in total. The Balaban J connectivity index is 1.92. The van der Waals surface area contributed by atoms with Crippen molar-refractivity contribution in [2.45, 2.75) is 45.4 Å². The molecule has 0 unspecified atom stereocenters. The third-order valence-electron chi connectivity index (χ3n) is 6.43. The first kappa shape index (κ1) is 19.6. The van der Waals surface area contributed by atoms with E-state index in [4.69, 9.17) is 4.74 Å². The Bertz CT molecular complexity index is 959. The van der Waals surface area contributed by atoms with Crippen molar-refractivity contribution in [2.24, 2.45) is 5.41 Å². The molecule has 29 heavy (non-hydrogen) atoms. The van der Waals surface area contributed by atoms with Gasteiger partial charge in [-0.1, -0.05) is 6.92 Å². The van der Waals surface area contributed by atoms with Gasteiger partial charge in [-0.2, -0.15) is 5.26 Å². The van der Waals surface area contributed by atoms with Crippen molar-refractivity contribution in [3.63, 3.8) is 0 Å². The van der Waals surface area contributed by atoms with E-state index in [0.29, 0.717) is 26.3 Å². The van der Waals surface area contributed by atoms with Crippen LogP contribution in [0.1, 0.15) is 45.4 Å². The Morgan fingerprint density at radius 1 is 1.28 bits per heavy atom. The number of amides is 1. The van der Waals surface area contributed by atoms with E-state index in [1.54, 1.807) is 18.7 Å². The highest BCUT2D eigenvalue weighted by Gasteiger charge is 2.40. The fourth-order valence-electron chi connectivity index (χ4n) is 4.66. The van der Waals surface area contributed by atoms with E-state index in [0.717, 1.165) is 55.3 Å². The average Bonchev–Trinajstić information content (AvgIpc) is 3.21. The summed E-state index contributed by atoms with van der Waals surface area (Å²) < 4.78 is 7.59. The molecule has 2 aromatic heterocycles. The summed E-state index contributed by atoms with van der Waals surface area (Å²) in [6, 6.07) is 4.19. The van der Waals surface area contributed by atoms with Gasteiger partial charge in [0.2, 0.25) is 0 Å². The summed E-state index contributed by atoms with van der Waals surface area (Å²) in [4.78, 5) is 24.0. The third-order valence-corrected chi connectivity index (χ3v) is 6.43. The van der Waals surface area contributed by atoms with E-state index in [1.165, 1.54) is 0 Å². The topological polar surface area (TPSA) is 84.0 Å². The number of imidazole rings is 1. The lowest BCUT2D eigenvalue weighted by Crippen LogP contribution is -2.39. The van der Waals surface area contributed by atoms with E-state index in [2.05, 4.69) is 23.0 Å². The molecule has 0 aliphatic carbocycles. The lowest BCUT2D eigenvalue weighted by Gasteiger charge is -2.40. The second kappa shape index (κ2) is 8.34. The van der Waals surface area contributed by atoms with Crippen LogP contribution in [0.25, 0.3) is 16.7 Å². The number of hydrogen-bond acceptors (Lipinski definition) is 5. The minimum absolute atomic E-state index is 0.155. The molecule has 0 spiro atoms. The number of pyridine rings is 1. The lowest BCUT2D eigenvalue weighted by molar-refractivity contribution is -0.127. The fraction of sp³-hybridized carbons (Fsp3) is 0.545. The maximum atomic E-state index is 13.5. The summed E-state index contributed by atoms with van der Waals surface area (Å²) >= 11 is 0. The zero-order valence-electron chi connectivity index (χ0n) is 16.9. The molecule has 2 saturated heterocycles. The monoisotopic (exact) mass is 393 g/mol. The van der Waals surface area contributed by atoms with Crippen molar-refractivity contribution >= 4 is 22.6 Å². The molecule has 152 valence electrons. The number of carbonyl (C=O) groups excluding carboxylic acids is 1. The van der Waals surface area contributed by atoms with Crippen LogP contribution in [-0.4, -0.2) is 51.6 Å². The van der Waals surface area contributed by atoms with Crippen LogP contribution >= 0.6 is 0 Å². The predicted octanol–water partition coefficient (Wildman–Crippen LogP) is 3.39. The number of hydrogen-bond donors (Lipinski definition) is 0. The number of rotatable bonds is 4. The minimum Gasteiger partial charge on any atom is -0.381 e. The quantitative estimate of drug-likeness (QED) is 0.587. The molecule has 0 aromatic carbocycles. The van der Waals surface area contributed by atoms with Crippen LogP contribution in [0.3, 0.4) is 0 Å². The number of fused-ring (bicyclic) bond motifs is 1. The van der Waals surface area contributed by atoms with E-state index >= 15 is 0 Å². The zero-order chi connectivity index (χ0) is 20.3. The molecule has 0 atom stereocenters. The maximum Gasteiger partial charge on any atom is 0.266 e. The number of piperidine rings is 1. The van der Waals surface area contributed by atoms with Gasteiger partial charge in [-0.25, -0.2) is 4.98 Å². The molecule has 2 aliphatic rings. The molecule has 0 radical (unpaired) electrons. The van der Waals surface area contributed by atoms with E-state index in [-0.39, 0.29) is 16.9 Å². The third kappa shape index (κ3) is 3.53. The Morgan fingerprint density at radius 2 is 2.03 bits per heavy atom. The van der Waals surface area contributed by atoms with Crippen LogP contribution in [0, 0.1) is 16.7 Å². The summed E-state index contributed by atoms with van der Waals surface area (Å²) in [5, 5.41) is 10.2. The van der Waals surface area contributed by atoms with Crippen LogP contribution in [0.5, 0.6) is 0 Å². The van der Waals surface area contributed by atoms with Gasteiger partial charge in [0.15, 0.2) is 0 Å². The number of aromatic nitrogens is 3. The molecule has 0 saturated carbocycles. The number of likely N-dealkylation sites (tertiary alicyclic amines) is 1. The smallest absolute Gasteiger partial charge is 0.266 e. The van der Waals surface area contributed by atoms with Gasteiger partial charge in [-0.05, 0) is 44.6 Å². The summed E-state index contributed by atoms with van der Waals surface area (Å²) in [7, 11) is 0. The summed E-state index contributed by atoms with van der Waals surface area (Å²) in [6.45, 7) is 4.82. The van der Waals surface area contributed by atoms with Gasteiger partial charge in [-0.3, -0.25) is 9.78 Å². The molecule has 0 bridgehead atoms. The average molecular weight is 393 g/mol. The van der Waals surface area contributed by atoms with Gasteiger partial charge in [0.05, 0.1) is 17.4 Å². The molecule has 1 amide bonds. The first-order chi connectivity index (χ1) is 14.2. The van der Waals surface area contributed by atoms with Crippen molar-refractivity contribution in [1.29, 1.82) is 5.26 Å². The highest BCUT2D eigenvalue weighted by atomic mass is 16.5. The van der Waals surface area contributed by atoms with Gasteiger partial charge in [0, 0.05) is 37.9 Å². The van der Waals surface area contributed by atoms with Crippen LogP contribution < -0.4 is 0 Å². The molecule has 2 aliphatic heterocycles. The Morgan fingerprint density at radius 3 is 2.72 bits per heavy atom. The molecular formula is C22H27N5O2. The second-order valence-electron chi connectivity index (χ2n) is 7.91. The van der Waals surface area contributed by atoms with E-state index in [1.807, 2.05) is 15.5 Å². The first-order valence-corrected chi connectivity index (χ1v) is 10.5. The SMILES string of the molecule is CCC1(C(=C(C#N)C(=O)N2CCCCC2)n2cnc3cnccc32)CCOCC1. The number of nitrogens with zero attached hydrogens (tertiary/aromatic N) is 5. The van der Waals surface area contributed by atoms with Gasteiger partial charge < -0.3 is 14.2 Å². The Hall–Kier alpha value is -2.72. The van der Waals surface area contributed by atoms with Crippen LogP contribution in [0.2, 0.25) is 0 Å². The fourth-order valence-corrected chi connectivity index (χ4v) is 4.66. The standard InChI is InChI=1S/C22H27N5O2/c1-2-22(7-12-29-13-8-22)20(27-16-25-18-15-24-9-6-19(18)27)17(14-23)21(28)26-10-4-3-5-11-26/h6,9,15-16H,2-5,7-8,10-13H2,1H3. The van der Waals surface area contributed by atoms with Crippen LogP contribution in [0.4, 0.5) is 0 Å². The van der Waals surface area contributed by atoms with Crippen molar-refractivity contribution in [2.75, 3.05) is 26.3 Å². The Kier molecular flexibility index (Phi) is 5.63. The van der Waals surface area contributed by atoms with Crippen molar-refractivity contribution in [3.8, 4) is 6.07 Å². The van der Waals surface area contributed by atoms with Gasteiger partial charge in [-0.15, -0.1) is 0 Å². The van der Waals surface area contributed by atoms with Gasteiger partial charge >= 0.3 is 0 Å². The maximum absolute atomic E-state index is 13.5. The summed E-state index contributed by atoms with van der Waals surface area (Å²) in [5.41, 5.74) is 2.34. The highest BCUT2D eigenvalue weighted by Crippen LogP contribution is 2.46. The summed E-state index contributed by atoms with van der Waals surface area (Å²) in [5.74, 6) is -0.155. The van der Waals surface area contributed by atoms with Crippen molar-refractivity contribution < 1.29 is 9.53 Å². The molecular weight excluding hydrogens is 366 g/mol. The molecule has 7 heteroatoms. The normalized spacial score (nSPS) is 20.2. The second-order valence-corrected chi connectivity index (χ2v) is 7.91. The van der Waals surface area contributed by atoms with Crippen LogP contribution in [0.15, 0.2) is 30.4 Å². The molecule has 0 N–H and O–H groups in total. The molecule has 2 fully saturated rings. The number of ether oxygens (including phenoxy) is 1. The largest absolute Gasteiger partial charge is 0.381 e. The Labute approximate surface area is 171 Å². The van der Waals surface area contributed by atoms with Gasteiger partial charge in [0.25, 0.3) is 5.91 Å². The number of carbonyl (C=O) groups is 1. The van der Waals surface area contributed by atoms with Crippen molar-refractivity contribution in [1.82, 2.24) is 19.4 Å². The van der Waals surface area contributed by atoms with E-state index in [9.17, 15) is 10.1 Å². The van der Waals surface area contributed by atoms with Gasteiger partial charge in [0.1, 0.15) is 23.5 Å². The molecule has 4 heterocycles. The number of nitriles is 1. The van der Waals surface area contributed by atoms with E-state index < -0.39 is 0 Å². The van der Waals surface area contributed by atoms with Crippen LogP contribution in [-0.2, 0) is 9.53 Å². The first-order valence-electron chi connectivity index (χ1n) is 10.5. The zero-order valence-corrected chi connectivity index (χ0v) is 16.9. The minimum atomic E-state index is -0.300. The summed E-state index contributed by atoms with van der Waals surface area (Å²) in [6.07, 6.45) is 10.7. The molecule has 2 aromatic rings. The molecule has 4 rings (SSSR count). The lowest BCUT2D eigenvalue weighted by atomic mass is 9.73. The van der Waals surface area contributed by atoms with Crippen molar-refractivity contribution in [3.05, 3.63) is 30.4 Å².